The molecule has 1 N–H and O–H groups in total. The van der Waals surface area contributed by atoms with Gasteiger partial charge in [0.25, 0.3) is 15.9 Å². The highest BCUT2D eigenvalue weighted by Crippen LogP contribution is 2.37. The number of rotatable bonds is 13. The van der Waals surface area contributed by atoms with Gasteiger partial charge in [-0.15, -0.1) is 0 Å². The lowest BCUT2D eigenvalue weighted by molar-refractivity contribution is -0.119. The van der Waals surface area contributed by atoms with Gasteiger partial charge in [-0.25, -0.2) is 13.8 Å². The molecule has 4 rings (SSSR count). The summed E-state index contributed by atoms with van der Waals surface area (Å²) < 4.78 is 51.2. The van der Waals surface area contributed by atoms with Crippen LogP contribution in [0.2, 0.25) is 0 Å². The second kappa shape index (κ2) is 14.8. The Bertz CT molecular complexity index is 1730. The molecule has 0 spiro atoms. The lowest BCUT2D eigenvalue weighted by Crippen LogP contribution is -2.39. The molecular weight excluding hydrogens is 650 g/mol. The summed E-state index contributed by atoms with van der Waals surface area (Å²) in [5.74, 6) is 1.04. The van der Waals surface area contributed by atoms with E-state index in [0.29, 0.717) is 39.6 Å². The maximum Gasteiger partial charge on any atom is 0.264 e. The summed E-state index contributed by atoms with van der Waals surface area (Å²) in [6.45, 7) is 1.65. The molecule has 0 unspecified atom stereocenters. The molecule has 0 saturated heterocycles. The van der Waals surface area contributed by atoms with Gasteiger partial charge in [0, 0.05) is 6.07 Å². The zero-order valence-corrected chi connectivity index (χ0v) is 27.0. The summed E-state index contributed by atoms with van der Waals surface area (Å²) in [6.07, 6.45) is 1.42. The maximum atomic E-state index is 13.7. The summed E-state index contributed by atoms with van der Waals surface area (Å²) in [5, 5.41) is 4.05. The number of hydrogen-bond donors (Lipinski definition) is 1. The number of ether oxygens (including phenoxy) is 4. The highest BCUT2D eigenvalue weighted by Gasteiger charge is 2.28. The van der Waals surface area contributed by atoms with Gasteiger partial charge in [0.15, 0.2) is 23.0 Å². The number of sulfonamides is 1. The molecule has 230 valence electrons. The topological polar surface area (TPSA) is 116 Å². The first-order valence-electron chi connectivity index (χ1n) is 13.3. The van der Waals surface area contributed by atoms with E-state index in [1.807, 2.05) is 37.3 Å². The SMILES string of the molecule is COc1ccc(N(CC(=O)N/N=C\c2cc(Br)c(OCc3ccccc3)c(OC)c2)S(=O)(=O)c2ccc(C)cc2)cc1OC. The number of amides is 1. The third kappa shape index (κ3) is 7.88. The Morgan fingerprint density at radius 2 is 1.57 bits per heavy atom. The number of methoxy groups -OCH3 is 3. The monoisotopic (exact) mass is 681 g/mol. The fourth-order valence-corrected chi connectivity index (χ4v) is 6.15. The minimum atomic E-state index is -4.15. The number of anilines is 1. The molecule has 12 heteroatoms. The molecule has 4 aromatic rings. The average molecular weight is 683 g/mol. The Morgan fingerprint density at radius 1 is 0.886 bits per heavy atom. The maximum absolute atomic E-state index is 13.7. The molecule has 0 aliphatic heterocycles. The van der Waals surface area contributed by atoms with Gasteiger partial charge in [-0.2, -0.15) is 5.10 Å². The van der Waals surface area contributed by atoms with Crippen LogP contribution in [-0.4, -0.2) is 48.4 Å². The molecule has 0 bridgehead atoms. The van der Waals surface area contributed by atoms with Crippen LogP contribution in [0.3, 0.4) is 0 Å². The molecule has 44 heavy (non-hydrogen) atoms. The third-order valence-electron chi connectivity index (χ3n) is 6.43. The number of nitrogens with zero attached hydrogens (tertiary/aromatic N) is 2. The number of benzene rings is 4. The van der Waals surface area contributed by atoms with Crippen molar-refractivity contribution in [1.82, 2.24) is 5.43 Å². The second-order valence-electron chi connectivity index (χ2n) is 9.47. The van der Waals surface area contributed by atoms with Crippen LogP contribution in [0.4, 0.5) is 5.69 Å². The largest absolute Gasteiger partial charge is 0.493 e. The smallest absolute Gasteiger partial charge is 0.264 e. The standard InChI is InChI=1S/C32H32BrN3O7S/c1-22-10-13-26(14-11-22)44(38,39)36(25-12-15-28(40-2)29(18-25)41-3)20-31(37)35-34-19-24-16-27(33)32(30(17-24)42-4)43-21-23-8-6-5-7-9-23/h5-19H,20-21H2,1-4H3,(H,35,37)/b34-19-. The van der Waals surface area contributed by atoms with Crippen LogP contribution in [0.25, 0.3) is 0 Å². The highest BCUT2D eigenvalue weighted by atomic mass is 79.9. The van der Waals surface area contributed by atoms with Gasteiger partial charge in [0.1, 0.15) is 13.2 Å². The molecule has 0 aliphatic carbocycles. The highest BCUT2D eigenvalue weighted by molar-refractivity contribution is 9.10. The van der Waals surface area contributed by atoms with Crippen LogP contribution >= 0.6 is 15.9 Å². The Balaban J connectivity index is 1.53. The Labute approximate surface area is 265 Å². The van der Waals surface area contributed by atoms with E-state index in [9.17, 15) is 13.2 Å². The Kier molecular flexibility index (Phi) is 10.9. The molecule has 0 saturated carbocycles. The number of hydrogen-bond acceptors (Lipinski definition) is 8. The lowest BCUT2D eigenvalue weighted by Gasteiger charge is -2.24. The van der Waals surface area contributed by atoms with E-state index < -0.39 is 22.5 Å². The molecule has 1 amide bonds. The van der Waals surface area contributed by atoms with Crippen molar-refractivity contribution in [1.29, 1.82) is 0 Å². The van der Waals surface area contributed by atoms with Gasteiger partial charge in [0.05, 0.1) is 42.6 Å². The fraction of sp³-hybridized carbons (Fsp3) is 0.188. The van der Waals surface area contributed by atoms with Gasteiger partial charge in [-0.1, -0.05) is 48.0 Å². The molecule has 10 nitrogen and oxygen atoms in total. The number of carbonyl (C=O) groups is 1. The summed E-state index contributed by atoms with van der Waals surface area (Å²) in [5.41, 5.74) is 5.12. The van der Waals surface area contributed by atoms with Crippen molar-refractivity contribution in [3.63, 3.8) is 0 Å². The number of aryl methyl sites for hydroxylation is 1. The molecule has 0 heterocycles. The van der Waals surface area contributed by atoms with Crippen molar-refractivity contribution >= 4 is 43.8 Å². The van der Waals surface area contributed by atoms with Gasteiger partial charge in [0.2, 0.25) is 0 Å². The predicted molar refractivity (Wildman–Crippen MR) is 172 cm³/mol. The minimum absolute atomic E-state index is 0.0284. The van der Waals surface area contributed by atoms with E-state index in [4.69, 9.17) is 18.9 Å². The number of halogens is 1. The third-order valence-corrected chi connectivity index (χ3v) is 8.81. The predicted octanol–water partition coefficient (Wildman–Crippen LogP) is 5.71. The molecule has 0 aromatic heterocycles. The molecule has 0 atom stereocenters. The van der Waals surface area contributed by atoms with Crippen LogP contribution < -0.4 is 28.7 Å². The van der Waals surface area contributed by atoms with Gasteiger partial charge < -0.3 is 18.9 Å². The Morgan fingerprint density at radius 3 is 2.23 bits per heavy atom. The van der Waals surface area contributed by atoms with Gasteiger partial charge in [-0.3, -0.25) is 9.10 Å². The average Bonchev–Trinajstić information content (AvgIpc) is 3.03. The lowest BCUT2D eigenvalue weighted by atomic mass is 10.2. The van der Waals surface area contributed by atoms with Crippen molar-refractivity contribution in [2.24, 2.45) is 5.10 Å². The zero-order chi connectivity index (χ0) is 31.7. The van der Waals surface area contributed by atoms with Gasteiger partial charge >= 0.3 is 0 Å². The number of carbonyl (C=O) groups excluding carboxylic acids is 1. The summed E-state index contributed by atoms with van der Waals surface area (Å²) in [7, 11) is 0.297. The van der Waals surface area contributed by atoms with Crippen LogP contribution in [0.15, 0.2) is 99.4 Å². The molecule has 4 aromatic carbocycles. The minimum Gasteiger partial charge on any atom is -0.493 e. The molecular formula is C32H32BrN3O7S. The number of hydrazone groups is 1. The van der Waals surface area contributed by atoms with E-state index in [0.717, 1.165) is 15.4 Å². The molecule has 0 fully saturated rings. The Hall–Kier alpha value is -4.55. The quantitative estimate of drug-likeness (QED) is 0.142. The first-order valence-corrected chi connectivity index (χ1v) is 15.6. The first-order chi connectivity index (χ1) is 21.2. The second-order valence-corrected chi connectivity index (χ2v) is 12.2. The molecule has 0 aliphatic rings. The summed E-state index contributed by atoms with van der Waals surface area (Å²) in [4.78, 5) is 13.1. The fourth-order valence-electron chi connectivity index (χ4n) is 4.16. The van der Waals surface area contributed by atoms with Crippen LogP contribution in [0.5, 0.6) is 23.0 Å². The van der Waals surface area contributed by atoms with Crippen LogP contribution in [0.1, 0.15) is 16.7 Å². The first kappa shape index (κ1) is 32.4. The van der Waals surface area contributed by atoms with Crippen molar-refractivity contribution < 1.29 is 32.2 Å². The number of nitrogens with one attached hydrogen (secondary N) is 1. The van der Waals surface area contributed by atoms with Crippen LogP contribution in [-0.2, 0) is 21.4 Å². The summed E-state index contributed by atoms with van der Waals surface area (Å²) >= 11 is 3.52. The van der Waals surface area contributed by atoms with E-state index in [-0.39, 0.29) is 10.6 Å². The van der Waals surface area contributed by atoms with Gasteiger partial charge in [-0.05, 0) is 70.4 Å². The van der Waals surface area contributed by atoms with E-state index in [1.165, 1.54) is 51.8 Å². The van der Waals surface area contributed by atoms with E-state index >= 15 is 0 Å². The molecule has 0 radical (unpaired) electrons. The normalized spacial score (nSPS) is 11.2. The van der Waals surface area contributed by atoms with E-state index in [1.54, 1.807) is 30.3 Å². The van der Waals surface area contributed by atoms with Crippen molar-refractivity contribution in [2.45, 2.75) is 18.4 Å². The summed E-state index contributed by atoms with van der Waals surface area (Å²) in [6, 6.07) is 24.2. The zero-order valence-electron chi connectivity index (χ0n) is 24.6. The van der Waals surface area contributed by atoms with Crippen molar-refractivity contribution in [3.05, 3.63) is 106 Å². The van der Waals surface area contributed by atoms with Crippen molar-refractivity contribution in [3.8, 4) is 23.0 Å². The van der Waals surface area contributed by atoms with E-state index in [2.05, 4.69) is 26.5 Å². The van der Waals surface area contributed by atoms with Crippen molar-refractivity contribution in [2.75, 3.05) is 32.2 Å². The van der Waals surface area contributed by atoms with Crippen LogP contribution in [0, 0.1) is 6.92 Å².